The van der Waals surface area contributed by atoms with Gasteiger partial charge in [0, 0.05) is 0 Å². The number of hydrogen-bond donors (Lipinski definition) is 1. The van der Waals surface area contributed by atoms with E-state index < -0.39 is 44.8 Å². The van der Waals surface area contributed by atoms with Crippen LogP contribution in [-0.2, 0) is 25.8 Å². The summed E-state index contributed by atoms with van der Waals surface area (Å²) in [5.41, 5.74) is -3.10. The molecule has 0 saturated heterocycles. The smallest absolute Gasteiger partial charge is 0.392 e. The molecule has 0 atom stereocenters. The molecule has 0 unspecified atom stereocenters. The predicted molar refractivity (Wildman–Crippen MR) is 52.7 cm³/mol. The van der Waals surface area contributed by atoms with Crippen molar-refractivity contribution in [3.8, 4) is 0 Å². The number of esters is 1. The molecule has 0 radical (unpaired) electrons. The number of carbonyl (C=O) groups excluding carboxylic acids is 2. The minimum Gasteiger partial charge on any atom is -0.392 e. The SMILES string of the molecule is O=COC(=O)c1c(C(F)(F)F)cccc1S(=O)(=O)O. The molecule has 1 rings (SSSR count). The van der Waals surface area contributed by atoms with Gasteiger partial charge in [0.15, 0.2) is 0 Å². The maximum absolute atomic E-state index is 12.6. The van der Waals surface area contributed by atoms with E-state index in [-0.39, 0.29) is 0 Å². The van der Waals surface area contributed by atoms with Crippen LogP contribution in [0.1, 0.15) is 15.9 Å². The average molecular weight is 298 g/mol. The second-order valence-electron chi connectivity index (χ2n) is 3.15. The van der Waals surface area contributed by atoms with E-state index >= 15 is 0 Å². The van der Waals surface area contributed by atoms with Gasteiger partial charge in [-0.3, -0.25) is 9.35 Å². The molecule has 0 heterocycles. The van der Waals surface area contributed by atoms with E-state index in [0.717, 1.165) is 0 Å². The Hall–Kier alpha value is -1.94. The summed E-state index contributed by atoms with van der Waals surface area (Å²) in [6.07, 6.45) is -5.07. The topological polar surface area (TPSA) is 97.7 Å². The first-order valence-electron chi connectivity index (χ1n) is 4.41. The quantitative estimate of drug-likeness (QED) is 0.390. The normalized spacial score (nSPS) is 12.0. The summed E-state index contributed by atoms with van der Waals surface area (Å²) in [6, 6.07) is 1.67. The molecule has 0 aliphatic heterocycles. The molecule has 0 aliphatic carbocycles. The molecule has 0 aromatic heterocycles. The van der Waals surface area contributed by atoms with Crippen LogP contribution in [0.2, 0.25) is 0 Å². The fourth-order valence-corrected chi connectivity index (χ4v) is 2.00. The maximum atomic E-state index is 12.6. The fraction of sp³-hybridized carbons (Fsp3) is 0.111. The number of rotatable bonds is 3. The third kappa shape index (κ3) is 3.29. The summed E-state index contributed by atoms with van der Waals surface area (Å²) < 4.78 is 72.3. The van der Waals surface area contributed by atoms with Gasteiger partial charge in [-0.1, -0.05) is 6.07 Å². The van der Waals surface area contributed by atoms with Gasteiger partial charge in [0.05, 0.1) is 11.1 Å². The second-order valence-corrected chi connectivity index (χ2v) is 4.54. The molecule has 1 N–H and O–H groups in total. The number of ether oxygens (including phenoxy) is 1. The first-order chi connectivity index (χ1) is 8.59. The van der Waals surface area contributed by atoms with Crippen LogP contribution in [0.5, 0.6) is 0 Å². The minimum atomic E-state index is -5.10. The summed E-state index contributed by atoms with van der Waals surface area (Å²) in [6.45, 7) is -0.455. The Morgan fingerprint density at radius 1 is 1.32 bits per heavy atom. The van der Waals surface area contributed by atoms with Crippen LogP contribution in [0.4, 0.5) is 13.2 Å². The largest absolute Gasteiger partial charge is 0.417 e. The molecule has 0 bridgehead atoms. The van der Waals surface area contributed by atoms with Crippen LogP contribution in [0.15, 0.2) is 23.1 Å². The molecule has 1 aromatic carbocycles. The van der Waals surface area contributed by atoms with E-state index in [9.17, 15) is 31.2 Å². The zero-order valence-electron chi connectivity index (χ0n) is 8.84. The Morgan fingerprint density at radius 2 is 1.89 bits per heavy atom. The van der Waals surface area contributed by atoms with Crippen molar-refractivity contribution in [2.24, 2.45) is 0 Å². The molecule has 1 aromatic rings. The highest BCUT2D eigenvalue weighted by Crippen LogP contribution is 2.35. The Bertz CT molecular complexity index is 619. The van der Waals surface area contributed by atoms with Gasteiger partial charge in [-0.05, 0) is 12.1 Å². The number of benzene rings is 1. The highest BCUT2D eigenvalue weighted by molar-refractivity contribution is 7.86. The number of alkyl halides is 3. The van der Waals surface area contributed by atoms with Crippen LogP contribution in [0.25, 0.3) is 0 Å². The first-order valence-corrected chi connectivity index (χ1v) is 5.85. The lowest BCUT2D eigenvalue weighted by atomic mass is 10.1. The van der Waals surface area contributed by atoms with E-state index in [2.05, 4.69) is 4.74 Å². The van der Waals surface area contributed by atoms with Crippen molar-refractivity contribution in [3.63, 3.8) is 0 Å². The molecule has 104 valence electrons. The highest BCUT2D eigenvalue weighted by atomic mass is 32.2. The van der Waals surface area contributed by atoms with Crippen LogP contribution < -0.4 is 0 Å². The Morgan fingerprint density at radius 3 is 2.32 bits per heavy atom. The summed E-state index contributed by atoms with van der Waals surface area (Å²) in [4.78, 5) is 19.9. The highest BCUT2D eigenvalue weighted by Gasteiger charge is 2.39. The van der Waals surface area contributed by atoms with Gasteiger partial charge in [-0.25, -0.2) is 4.79 Å². The van der Waals surface area contributed by atoms with Gasteiger partial charge in [0.25, 0.3) is 10.1 Å². The molecule has 0 fully saturated rings. The molecular formula is C9H5F3O6S. The first kappa shape index (κ1) is 15.1. The van der Waals surface area contributed by atoms with Crippen molar-refractivity contribution >= 4 is 22.6 Å². The molecule has 19 heavy (non-hydrogen) atoms. The van der Waals surface area contributed by atoms with E-state index in [4.69, 9.17) is 4.55 Å². The van der Waals surface area contributed by atoms with Crippen LogP contribution in [0.3, 0.4) is 0 Å². The van der Waals surface area contributed by atoms with Crippen molar-refractivity contribution in [2.75, 3.05) is 0 Å². The van der Waals surface area contributed by atoms with Crippen molar-refractivity contribution in [1.82, 2.24) is 0 Å². The van der Waals surface area contributed by atoms with Gasteiger partial charge < -0.3 is 4.74 Å². The van der Waals surface area contributed by atoms with Crippen LogP contribution in [0, 0.1) is 0 Å². The van der Waals surface area contributed by atoms with E-state index in [1.54, 1.807) is 0 Å². The predicted octanol–water partition coefficient (Wildman–Crippen LogP) is 1.27. The Balaban J connectivity index is 3.69. The fourth-order valence-electron chi connectivity index (χ4n) is 1.30. The van der Waals surface area contributed by atoms with Crippen LogP contribution >= 0.6 is 0 Å². The molecule has 0 aliphatic rings. The number of halogens is 3. The standard InChI is InChI=1S/C9H5F3O6S/c10-9(11,12)5-2-1-3-6(19(15,16)17)7(5)8(14)18-4-13/h1-4H,(H,15,16,17). The lowest BCUT2D eigenvalue weighted by Crippen LogP contribution is -2.19. The zero-order chi connectivity index (χ0) is 14.8. The Kier molecular flexibility index (Phi) is 3.96. The molecular weight excluding hydrogens is 293 g/mol. The van der Waals surface area contributed by atoms with Crippen molar-refractivity contribution < 1.29 is 40.5 Å². The van der Waals surface area contributed by atoms with Gasteiger partial charge in [0.2, 0.25) is 0 Å². The van der Waals surface area contributed by atoms with Gasteiger partial charge >= 0.3 is 18.6 Å². The van der Waals surface area contributed by atoms with Gasteiger partial charge in [-0.2, -0.15) is 21.6 Å². The molecule has 0 spiro atoms. The summed E-state index contributed by atoms with van der Waals surface area (Å²) in [5, 5.41) is 0. The second kappa shape index (κ2) is 4.97. The van der Waals surface area contributed by atoms with E-state index in [0.29, 0.717) is 18.2 Å². The summed E-state index contributed by atoms with van der Waals surface area (Å²) in [5.74, 6) is -1.84. The minimum absolute atomic E-state index is 0.413. The number of hydrogen-bond acceptors (Lipinski definition) is 5. The summed E-state index contributed by atoms with van der Waals surface area (Å²) in [7, 11) is -5.10. The zero-order valence-corrected chi connectivity index (χ0v) is 9.66. The maximum Gasteiger partial charge on any atom is 0.417 e. The third-order valence-corrected chi connectivity index (χ3v) is 2.86. The van der Waals surface area contributed by atoms with Crippen molar-refractivity contribution in [1.29, 1.82) is 0 Å². The lowest BCUT2D eigenvalue weighted by molar-refractivity contribution is -0.138. The molecule has 0 amide bonds. The molecule has 6 nitrogen and oxygen atoms in total. The van der Waals surface area contributed by atoms with E-state index in [1.165, 1.54) is 0 Å². The number of carbonyl (C=O) groups is 2. The van der Waals surface area contributed by atoms with E-state index in [1.807, 2.05) is 0 Å². The van der Waals surface area contributed by atoms with Gasteiger partial charge in [-0.15, -0.1) is 0 Å². The van der Waals surface area contributed by atoms with Crippen LogP contribution in [-0.4, -0.2) is 25.4 Å². The van der Waals surface area contributed by atoms with Crippen molar-refractivity contribution in [2.45, 2.75) is 11.1 Å². The Labute approximate surface area is 104 Å². The average Bonchev–Trinajstić information content (AvgIpc) is 2.26. The third-order valence-electron chi connectivity index (χ3n) is 1.97. The summed E-state index contributed by atoms with van der Waals surface area (Å²) >= 11 is 0. The molecule has 10 heteroatoms. The monoisotopic (exact) mass is 298 g/mol. The van der Waals surface area contributed by atoms with Crippen molar-refractivity contribution in [3.05, 3.63) is 29.3 Å². The molecule has 0 saturated carbocycles. The lowest BCUT2D eigenvalue weighted by Gasteiger charge is -2.13. The van der Waals surface area contributed by atoms with Gasteiger partial charge in [0.1, 0.15) is 4.90 Å².